The van der Waals surface area contributed by atoms with Gasteiger partial charge in [0.1, 0.15) is 11.6 Å². The third-order valence-corrected chi connectivity index (χ3v) is 10.2. The molecule has 3 unspecified atom stereocenters. The van der Waals surface area contributed by atoms with Gasteiger partial charge in [-0.1, -0.05) is 57.3 Å². The predicted molar refractivity (Wildman–Crippen MR) is 202 cm³/mol. The summed E-state index contributed by atoms with van der Waals surface area (Å²) in [4.78, 5) is 21.7. The molecule has 3 aliphatic rings. The number of nitrogen functional groups attached to an aromatic ring is 2. The van der Waals surface area contributed by atoms with Gasteiger partial charge in [0, 0.05) is 76.9 Å². The van der Waals surface area contributed by atoms with Gasteiger partial charge < -0.3 is 35.5 Å². The largest absolute Gasteiger partial charge is 0.381 e. The van der Waals surface area contributed by atoms with E-state index in [1.807, 2.05) is 44.2 Å². The average molecular weight is 787 g/mol. The van der Waals surface area contributed by atoms with Gasteiger partial charge in [-0.25, -0.2) is 9.97 Å². The first-order chi connectivity index (χ1) is 24.2. The van der Waals surface area contributed by atoms with Crippen molar-refractivity contribution in [2.75, 3.05) is 74.0 Å². The lowest BCUT2D eigenvalue weighted by Crippen LogP contribution is -2.32. The number of rotatable bonds is 5. The molecule has 3 saturated heterocycles. The van der Waals surface area contributed by atoms with Gasteiger partial charge in [0.2, 0.25) is 11.9 Å². The second-order valence-electron chi connectivity index (χ2n) is 12.7. The second-order valence-corrected chi connectivity index (χ2v) is 14.5. The fourth-order valence-corrected chi connectivity index (χ4v) is 7.81. The molecule has 3 aliphatic heterocycles. The maximum absolute atomic E-state index is 6.73. The van der Waals surface area contributed by atoms with Crippen LogP contribution in [0.2, 0.25) is 10.0 Å². The molecule has 14 heteroatoms. The first-order valence-electron chi connectivity index (χ1n) is 16.9. The molecule has 7 rings (SSSR count). The fraction of sp³-hybridized carbons (Fsp3) is 0.444. The highest BCUT2D eigenvalue weighted by Gasteiger charge is 2.29. The Morgan fingerprint density at radius 3 is 1.68 bits per heavy atom. The minimum Gasteiger partial charge on any atom is -0.381 e. The van der Waals surface area contributed by atoms with Crippen LogP contribution in [0.15, 0.2) is 53.0 Å². The molecule has 0 radical (unpaired) electrons. The zero-order valence-corrected chi connectivity index (χ0v) is 31.4. The van der Waals surface area contributed by atoms with Crippen LogP contribution >= 0.6 is 39.1 Å². The van der Waals surface area contributed by atoms with Crippen molar-refractivity contribution in [2.45, 2.75) is 51.1 Å². The normalized spacial score (nSPS) is 21.3. The predicted octanol–water partition coefficient (Wildman–Crippen LogP) is 7.24. The molecule has 3 atom stereocenters. The quantitative estimate of drug-likeness (QED) is 0.212. The van der Waals surface area contributed by atoms with E-state index in [4.69, 9.17) is 48.9 Å². The van der Waals surface area contributed by atoms with Crippen molar-refractivity contribution in [2.24, 2.45) is 0 Å². The molecule has 5 heterocycles. The van der Waals surface area contributed by atoms with Gasteiger partial charge in [-0.15, -0.1) is 0 Å². The lowest BCUT2D eigenvalue weighted by Gasteiger charge is -2.31. The molecule has 0 amide bonds. The molecule has 2 aromatic heterocycles. The number of aromatic nitrogens is 4. The first-order valence-corrected chi connectivity index (χ1v) is 18.4. The highest BCUT2D eigenvalue weighted by Crippen LogP contribution is 2.37. The fourth-order valence-electron chi connectivity index (χ4n) is 6.70. The molecule has 4 N–H and O–H groups in total. The summed E-state index contributed by atoms with van der Waals surface area (Å²) in [6.45, 7) is 9.66. The van der Waals surface area contributed by atoms with E-state index in [2.05, 4.69) is 63.9 Å². The van der Waals surface area contributed by atoms with Crippen LogP contribution in [-0.2, 0) is 14.2 Å². The maximum atomic E-state index is 6.73. The van der Waals surface area contributed by atoms with Crippen LogP contribution in [0.3, 0.4) is 0 Å². The van der Waals surface area contributed by atoms with E-state index >= 15 is 0 Å². The van der Waals surface area contributed by atoms with Crippen LogP contribution in [0, 0.1) is 13.8 Å². The molecular formula is C36H43BrCl2N8O3. The van der Waals surface area contributed by atoms with Crippen LogP contribution in [0.1, 0.15) is 65.3 Å². The Balaban J connectivity index is 0.000000175. The van der Waals surface area contributed by atoms with E-state index in [-0.39, 0.29) is 24.0 Å². The van der Waals surface area contributed by atoms with E-state index in [1.165, 1.54) is 5.56 Å². The number of anilines is 4. The summed E-state index contributed by atoms with van der Waals surface area (Å²) in [6.07, 6.45) is 2.90. The molecule has 4 aromatic rings. The third-order valence-electron chi connectivity index (χ3n) is 9.09. The van der Waals surface area contributed by atoms with Crippen molar-refractivity contribution in [1.82, 2.24) is 19.9 Å². The van der Waals surface area contributed by atoms with E-state index in [0.717, 1.165) is 102 Å². The molecule has 11 nitrogen and oxygen atoms in total. The van der Waals surface area contributed by atoms with Gasteiger partial charge in [-0.2, -0.15) is 9.97 Å². The zero-order valence-electron chi connectivity index (χ0n) is 28.3. The standard InChI is InChI=1S/C20H25ClN4O2.C16H18BrClN4O/c1-13-9-19(24-20(22)23-13)25-6-2-7-26-12-18(25)16-4-3-14(10-17(16)21)15-5-8-27-11-15;1-10-7-15(21-16(19)20-10)22-5-2-6-23-9-14(22)12-4-3-11(17)8-13(12)18/h3-4,9-10,15,18H,2,5-8,11-12H2,1H3,(H2,22,23,24);3-4,7-8,14H,2,5-6,9H2,1H3,(H2,19,20,21). The highest BCUT2D eigenvalue weighted by molar-refractivity contribution is 9.10. The van der Waals surface area contributed by atoms with Crippen molar-refractivity contribution in [3.63, 3.8) is 0 Å². The van der Waals surface area contributed by atoms with Gasteiger partial charge in [-0.3, -0.25) is 0 Å². The molecular weight excluding hydrogens is 743 g/mol. The number of halogens is 3. The zero-order chi connectivity index (χ0) is 35.2. The molecule has 0 saturated carbocycles. The Morgan fingerprint density at radius 2 is 1.20 bits per heavy atom. The minimum atomic E-state index is -0.0115. The molecule has 0 spiro atoms. The van der Waals surface area contributed by atoms with E-state index in [9.17, 15) is 0 Å². The highest BCUT2D eigenvalue weighted by atomic mass is 79.9. The monoisotopic (exact) mass is 784 g/mol. The summed E-state index contributed by atoms with van der Waals surface area (Å²) in [5, 5.41) is 1.47. The first kappa shape index (κ1) is 36.5. The molecule has 0 aliphatic carbocycles. The summed E-state index contributed by atoms with van der Waals surface area (Å²) in [5.74, 6) is 2.63. The minimum absolute atomic E-state index is 0.00759. The number of nitrogens with zero attached hydrogens (tertiary/aromatic N) is 6. The van der Waals surface area contributed by atoms with Crippen LogP contribution in [0.25, 0.3) is 0 Å². The number of hydrogen-bond acceptors (Lipinski definition) is 11. The van der Waals surface area contributed by atoms with Crippen molar-refractivity contribution < 1.29 is 14.2 Å². The van der Waals surface area contributed by atoms with Gasteiger partial charge >= 0.3 is 0 Å². The molecule has 50 heavy (non-hydrogen) atoms. The lowest BCUT2D eigenvalue weighted by molar-refractivity contribution is 0.134. The van der Waals surface area contributed by atoms with Gasteiger partial charge in [0.25, 0.3) is 0 Å². The van der Waals surface area contributed by atoms with Gasteiger partial charge in [0.15, 0.2) is 0 Å². The number of ether oxygens (including phenoxy) is 3. The lowest BCUT2D eigenvalue weighted by atomic mass is 9.95. The molecule has 3 fully saturated rings. The Kier molecular flexibility index (Phi) is 12.3. The summed E-state index contributed by atoms with van der Waals surface area (Å²) < 4.78 is 18.1. The molecule has 2 aromatic carbocycles. The summed E-state index contributed by atoms with van der Waals surface area (Å²) in [6, 6.07) is 16.2. The van der Waals surface area contributed by atoms with Crippen molar-refractivity contribution in [3.05, 3.63) is 91.1 Å². The molecule has 266 valence electrons. The Labute approximate surface area is 311 Å². The summed E-state index contributed by atoms with van der Waals surface area (Å²) in [5.41, 5.74) is 16.7. The Hall–Kier alpha value is -3.26. The number of nitrogens with two attached hydrogens (primary N) is 2. The van der Waals surface area contributed by atoms with Crippen LogP contribution < -0.4 is 21.3 Å². The number of aryl methyl sites for hydroxylation is 2. The Bertz CT molecular complexity index is 1740. The van der Waals surface area contributed by atoms with E-state index in [0.29, 0.717) is 24.2 Å². The SMILES string of the molecule is Cc1cc(N2CCCOCC2c2ccc(Br)cc2Cl)nc(N)n1.Cc1cc(N2CCCOCC2c2ccc(C3CCOC3)cc2Cl)nc(N)n1. The third kappa shape index (κ3) is 8.96. The van der Waals surface area contributed by atoms with Crippen molar-refractivity contribution in [1.29, 1.82) is 0 Å². The summed E-state index contributed by atoms with van der Waals surface area (Å²) in [7, 11) is 0. The Morgan fingerprint density at radius 1 is 0.680 bits per heavy atom. The number of hydrogen-bond donors (Lipinski definition) is 2. The van der Waals surface area contributed by atoms with Crippen LogP contribution in [-0.4, -0.2) is 72.7 Å². The van der Waals surface area contributed by atoms with E-state index in [1.54, 1.807) is 0 Å². The smallest absolute Gasteiger partial charge is 0.222 e. The van der Waals surface area contributed by atoms with Gasteiger partial charge in [0.05, 0.1) is 31.9 Å². The topological polar surface area (TPSA) is 138 Å². The second kappa shape index (κ2) is 16.8. The van der Waals surface area contributed by atoms with E-state index < -0.39 is 0 Å². The maximum Gasteiger partial charge on any atom is 0.222 e. The summed E-state index contributed by atoms with van der Waals surface area (Å²) >= 11 is 16.6. The van der Waals surface area contributed by atoms with Crippen molar-refractivity contribution >= 4 is 62.7 Å². The number of benzene rings is 2. The van der Waals surface area contributed by atoms with Crippen LogP contribution in [0.4, 0.5) is 23.5 Å². The molecule has 0 bridgehead atoms. The van der Waals surface area contributed by atoms with Crippen LogP contribution in [0.5, 0.6) is 0 Å². The van der Waals surface area contributed by atoms with Gasteiger partial charge in [-0.05, 0) is 68.0 Å². The average Bonchev–Trinajstić information content (AvgIpc) is 3.35. The van der Waals surface area contributed by atoms with Crippen molar-refractivity contribution in [3.8, 4) is 0 Å².